The zero-order chi connectivity index (χ0) is 20.8. The van der Waals surface area contributed by atoms with E-state index < -0.39 is 0 Å². The van der Waals surface area contributed by atoms with Gasteiger partial charge in [0.2, 0.25) is 0 Å². The smallest absolute Gasteiger partial charge is 0.328 e. The maximum absolute atomic E-state index is 13.0. The van der Waals surface area contributed by atoms with E-state index in [4.69, 9.17) is 4.74 Å². The second-order valence-electron chi connectivity index (χ2n) is 8.54. The first kappa shape index (κ1) is 21.7. The highest BCUT2D eigenvalue weighted by atomic mass is 35.5. The number of aromatic amines is 1. The van der Waals surface area contributed by atoms with Gasteiger partial charge in [0.05, 0.1) is 18.0 Å². The number of nitrogens with one attached hydrogen (secondary N) is 2. The minimum atomic E-state index is -0.335. The van der Waals surface area contributed by atoms with Gasteiger partial charge >= 0.3 is 5.69 Å². The number of methoxy groups -OCH3 is 1. The molecule has 3 atom stereocenters. The maximum Gasteiger partial charge on any atom is 0.328 e. The Morgan fingerprint density at radius 3 is 2.77 bits per heavy atom. The summed E-state index contributed by atoms with van der Waals surface area (Å²) in [5.74, 6) is 1.94. The number of rotatable bonds is 4. The van der Waals surface area contributed by atoms with E-state index in [1.165, 1.54) is 15.7 Å². The van der Waals surface area contributed by atoms with Crippen molar-refractivity contribution >= 4 is 23.3 Å². The quantitative estimate of drug-likeness (QED) is 0.652. The predicted molar refractivity (Wildman–Crippen MR) is 125 cm³/mol. The van der Waals surface area contributed by atoms with Crippen molar-refractivity contribution in [2.24, 2.45) is 5.92 Å². The minimum absolute atomic E-state index is 0. The van der Waals surface area contributed by atoms with Crippen LogP contribution in [0.1, 0.15) is 35.4 Å². The number of hydrogen-bond acceptors (Lipinski definition) is 4. The lowest BCUT2D eigenvalue weighted by molar-refractivity contribution is 0.371. The van der Waals surface area contributed by atoms with Crippen LogP contribution in [-0.2, 0) is 13.0 Å². The molecular formula is C24H28ClN3O3. The molecule has 1 aliphatic carbocycles. The second kappa shape index (κ2) is 8.52. The molecule has 2 aliphatic rings. The van der Waals surface area contributed by atoms with E-state index in [1.807, 2.05) is 25.1 Å². The largest absolute Gasteiger partial charge is 0.496 e. The van der Waals surface area contributed by atoms with Crippen molar-refractivity contribution in [1.82, 2.24) is 14.9 Å². The number of hydrogen-bond donors (Lipinski definition) is 2. The number of fused-ring (bicyclic) bond motifs is 4. The summed E-state index contributed by atoms with van der Waals surface area (Å²) in [6.07, 6.45) is 2.91. The molecule has 6 nitrogen and oxygen atoms in total. The molecule has 2 heterocycles. The molecular weight excluding hydrogens is 414 g/mol. The first-order chi connectivity index (χ1) is 14.6. The molecule has 0 spiro atoms. The zero-order valence-corrected chi connectivity index (χ0v) is 18.6. The summed E-state index contributed by atoms with van der Waals surface area (Å²) in [4.78, 5) is 28.5. The van der Waals surface area contributed by atoms with Crippen molar-refractivity contribution in [2.75, 3.05) is 13.7 Å². The number of halogens is 1. The minimum Gasteiger partial charge on any atom is -0.496 e. The number of aryl methyl sites for hydroxylation is 1. The van der Waals surface area contributed by atoms with E-state index in [2.05, 4.69) is 22.4 Å². The summed E-state index contributed by atoms with van der Waals surface area (Å²) in [6.45, 7) is 3.29. The predicted octanol–water partition coefficient (Wildman–Crippen LogP) is 3.14. The molecule has 2 aromatic carbocycles. The Balaban J connectivity index is 0.00000231. The molecule has 5 rings (SSSR count). The summed E-state index contributed by atoms with van der Waals surface area (Å²) >= 11 is 0. The summed E-state index contributed by atoms with van der Waals surface area (Å²) in [5, 5.41) is 4.27. The summed E-state index contributed by atoms with van der Waals surface area (Å²) < 4.78 is 6.96. The summed E-state index contributed by atoms with van der Waals surface area (Å²) in [7, 11) is 1.73. The third-order valence-corrected chi connectivity index (χ3v) is 6.98. The van der Waals surface area contributed by atoms with Gasteiger partial charge in [0.1, 0.15) is 5.75 Å². The zero-order valence-electron chi connectivity index (χ0n) is 17.8. The van der Waals surface area contributed by atoms with Crippen LogP contribution in [0.15, 0.2) is 46.0 Å². The molecule has 3 unspecified atom stereocenters. The Morgan fingerprint density at radius 1 is 1.16 bits per heavy atom. The van der Waals surface area contributed by atoms with Gasteiger partial charge in [-0.3, -0.25) is 9.36 Å². The van der Waals surface area contributed by atoms with Crippen LogP contribution in [0, 0.1) is 12.8 Å². The molecule has 1 fully saturated rings. The highest BCUT2D eigenvalue weighted by molar-refractivity contribution is 5.85. The molecule has 1 aliphatic heterocycles. The van der Waals surface area contributed by atoms with Crippen molar-refractivity contribution < 1.29 is 4.74 Å². The van der Waals surface area contributed by atoms with Gasteiger partial charge in [0.15, 0.2) is 0 Å². The molecule has 1 aromatic heterocycles. The van der Waals surface area contributed by atoms with Crippen molar-refractivity contribution in [3.63, 3.8) is 0 Å². The first-order valence-electron chi connectivity index (χ1n) is 10.7. The van der Waals surface area contributed by atoms with Crippen molar-refractivity contribution in [3.05, 3.63) is 73.9 Å². The Hall–Kier alpha value is -2.57. The van der Waals surface area contributed by atoms with Gasteiger partial charge in [-0.25, -0.2) is 4.79 Å². The van der Waals surface area contributed by atoms with E-state index >= 15 is 0 Å². The van der Waals surface area contributed by atoms with Crippen LogP contribution in [0.2, 0.25) is 0 Å². The molecule has 0 amide bonds. The average Bonchev–Trinajstić information content (AvgIpc) is 3.16. The third-order valence-electron chi connectivity index (χ3n) is 6.98. The van der Waals surface area contributed by atoms with E-state index in [0.717, 1.165) is 37.1 Å². The molecule has 1 saturated heterocycles. The van der Waals surface area contributed by atoms with Gasteiger partial charge in [-0.2, -0.15) is 0 Å². The van der Waals surface area contributed by atoms with Crippen LogP contribution in [0.5, 0.6) is 5.75 Å². The highest BCUT2D eigenvalue weighted by Gasteiger charge is 2.40. The average molecular weight is 442 g/mol. The number of H-pyrrole nitrogens is 1. The number of benzene rings is 2. The Kier molecular flexibility index (Phi) is 5.95. The molecule has 7 heteroatoms. The van der Waals surface area contributed by atoms with Crippen molar-refractivity contribution in [2.45, 2.75) is 44.7 Å². The van der Waals surface area contributed by atoms with Gasteiger partial charge in [-0.05, 0) is 67.5 Å². The van der Waals surface area contributed by atoms with E-state index in [9.17, 15) is 9.59 Å². The van der Waals surface area contributed by atoms with Gasteiger partial charge in [0.25, 0.3) is 5.56 Å². The monoisotopic (exact) mass is 441 g/mol. The van der Waals surface area contributed by atoms with Crippen molar-refractivity contribution in [3.8, 4) is 5.75 Å². The molecule has 0 bridgehead atoms. The lowest BCUT2D eigenvalue weighted by Crippen LogP contribution is -2.38. The van der Waals surface area contributed by atoms with Crippen molar-refractivity contribution in [1.29, 1.82) is 0 Å². The van der Waals surface area contributed by atoms with Crippen LogP contribution in [0.4, 0.5) is 0 Å². The summed E-state index contributed by atoms with van der Waals surface area (Å²) in [5.41, 5.74) is 3.62. The lowest BCUT2D eigenvalue weighted by Gasteiger charge is -2.32. The normalized spacial score (nSPS) is 21.9. The van der Waals surface area contributed by atoms with Crippen LogP contribution in [0.25, 0.3) is 10.9 Å². The second-order valence-corrected chi connectivity index (χ2v) is 8.54. The molecule has 164 valence electrons. The highest BCUT2D eigenvalue weighted by Crippen LogP contribution is 2.45. The van der Waals surface area contributed by atoms with E-state index in [0.29, 0.717) is 29.3 Å². The van der Waals surface area contributed by atoms with Crippen LogP contribution >= 0.6 is 12.4 Å². The topological polar surface area (TPSA) is 76.1 Å². The number of nitrogens with zero attached hydrogens (tertiary/aromatic N) is 1. The van der Waals surface area contributed by atoms with Crippen LogP contribution in [0.3, 0.4) is 0 Å². The fourth-order valence-electron chi connectivity index (χ4n) is 5.54. The molecule has 31 heavy (non-hydrogen) atoms. The van der Waals surface area contributed by atoms with Crippen LogP contribution in [-0.4, -0.2) is 29.2 Å². The fourth-order valence-corrected chi connectivity index (χ4v) is 5.54. The molecule has 3 aromatic rings. The molecule has 0 radical (unpaired) electrons. The molecule has 0 saturated carbocycles. The maximum atomic E-state index is 13.0. The standard InChI is InChI=1S/C24H27N3O3.ClH/c1-14-5-3-7-19-21(14)23(28)27(24(29)26-19)12-11-18-22-15(13-25-18)9-10-16-17(22)6-4-8-20(16)30-2;/h3-8,15,18,22,25H,9-13H2,1-2H3,(H,26,29);1H. The van der Waals surface area contributed by atoms with E-state index in [-0.39, 0.29) is 29.7 Å². The van der Waals surface area contributed by atoms with Gasteiger partial charge in [-0.1, -0.05) is 24.3 Å². The third kappa shape index (κ3) is 3.58. The number of ether oxygens (including phenoxy) is 1. The number of aromatic nitrogens is 2. The van der Waals surface area contributed by atoms with Gasteiger partial charge in [0, 0.05) is 18.5 Å². The summed E-state index contributed by atoms with van der Waals surface area (Å²) in [6, 6.07) is 12.1. The Morgan fingerprint density at radius 2 is 1.97 bits per heavy atom. The van der Waals surface area contributed by atoms with E-state index in [1.54, 1.807) is 13.2 Å². The Labute approximate surface area is 187 Å². The molecule has 2 N–H and O–H groups in total. The Bertz CT molecular complexity index is 1230. The first-order valence-corrected chi connectivity index (χ1v) is 10.7. The fraction of sp³-hybridized carbons (Fsp3) is 0.417. The lowest BCUT2D eigenvalue weighted by atomic mass is 9.73. The van der Waals surface area contributed by atoms with Gasteiger partial charge in [-0.15, -0.1) is 12.4 Å². The van der Waals surface area contributed by atoms with Crippen LogP contribution < -0.4 is 21.3 Å². The van der Waals surface area contributed by atoms with Gasteiger partial charge < -0.3 is 15.0 Å². The SMILES string of the molecule is COc1cccc2c1CCC1CNC(CCn3c(=O)[nH]c4cccc(C)c4c3=O)C21.Cl.